The lowest BCUT2D eigenvalue weighted by Crippen LogP contribution is -2.57. The minimum absolute atomic E-state index is 0.0520. The lowest BCUT2D eigenvalue weighted by Gasteiger charge is -2.57. The van der Waals surface area contributed by atoms with Crippen LogP contribution < -0.4 is 0 Å². The molecule has 0 bridgehead atoms. The first-order valence-corrected chi connectivity index (χ1v) is 10.1. The molecule has 1 aromatic carbocycles. The van der Waals surface area contributed by atoms with E-state index >= 15 is 0 Å². The molecule has 0 amide bonds. The fourth-order valence-electron chi connectivity index (χ4n) is 5.81. The highest BCUT2D eigenvalue weighted by molar-refractivity contribution is 5.92. The Bertz CT molecular complexity index is 924. The number of carbonyl (C=O) groups is 2. The number of rotatable bonds is 4. The van der Waals surface area contributed by atoms with E-state index in [9.17, 15) is 24.8 Å². The number of non-ortho nitro benzene ring substituents is 1. The molecule has 1 saturated carbocycles. The Morgan fingerprint density at radius 2 is 2.00 bits per heavy atom. The normalized spacial score (nSPS) is 35.0. The summed E-state index contributed by atoms with van der Waals surface area (Å²) >= 11 is 0. The van der Waals surface area contributed by atoms with Crippen LogP contribution >= 0.6 is 0 Å². The van der Waals surface area contributed by atoms with Gasteiger partial charge in [0.1, 0.15) is 6.10 Å². The number of ether oxygens (including phenoxy) is 2. The molecular weight excluding hydrogens is 390 g/mol. The lowest BCUT2D eigenvalue weighted by atomic mass is 9.48. The van der Waals surface area contributed by atoms with E-state index in [4.69, 9.17) is 9.47 Å². The first kappa shape index (κ1) is 20.5. The Labute approximate surface area is 174 Å². The summed E-state index contributed by atoms with van der Waals surface area (Å²) in [5.41, 5.74) is -0.209. The van der Waals surface area contributed by atoms with Gasteiger partial charge in [0.15, 0.2) is 0 Å². The summed E-state index contributed by atoms with van der Waals surface area (Å²) in [6, 6.07) is 5.22. The molecule has 2 aliphatic carbocycles. The van der Waals surface area contributed by atoms with Crippen LogP contribution in [0.1, 0.15) is 43.5 Å². The van der Waals surface area contributed by atoms with Gasteiger partial charge in [-0.1, -0.05) is 20.3 Å². The van der Waals surface area contributed by atoms with Gasteiger partial charge in [-0.3, -0.25) is 10.1 Å². The van der Waals surface area contributed by atoms with Gasteiger partial charge in [-0.2, -0.15) is 0 Å². The van der Waals surface area contributed by atoms with Crippen LogP contribution in [-0.2, 0) is 14.3 Å². The van der Waals surface area contributed by atoms with Gasteiger partial charge in [0.2, 0.25) is 0 Å². The molecule has 8 nitrogen and oxygen atoms in total. The molecule has 5 atom stereocenters. The Kier molecular flexibility index (Phi) is 4.92. The number of hydrogen-bond donors (Lipinski definition) is 1. The Morgan fingerprint density at radius 3 is 2.63 bits per heavy atom. The summed E-state index contributed by atoms with van der Waals surface area (Å²) in [5, 5.41) is 21.1. The smallest absolute Gasteiger partial charge is 0.338 e. The van der Waals surface area contributed by atoms with Crippen molar-refractivity contribution in [1.29, 1.82) is 0 Å². The van der Waals surface area contributed by atoms with Gasteiger partial charge in [-0.05, 0) is 41.9 Å². The van der Waals surface area contributed by atoms with Crippen molar-refractivity contribution in [2.45, 2.75) is 39.2 Å². The quantitative estimate of drug-likeness (QED) is 0.456. The summed E-state index contributed by atoms with van der Waals surface area (Å²) in [6.45, 7) is 4.35. The van der Waals surface area contributed by atoms with E-state index < -0.39 is 22.4 Å². The molecule has 3 aliphatic rings. The molecule has 1 unspecified atom stereocenters. The highest BCUT2D eigenvalue weighted by Crippen LogP contribution is 2.61. The van der Waals surface area contributed by atoms with Crippen LogP contribution in [-0.4, -0.2) is 41.3 Å². The Morgan fingerprint density at radius 1 is 1.30 bits per heavy atom. The second-order valence-electron chi connectivity index (χ2n) is 9.10. The number of aliphatic hydroxyl groups excluding tert-OH is 1. The van der Waals surface area contributed by atoms with Gasteiger partial charge < -0.3 is 14.6 Å². The van der Waals surface area contributed by atoms with Crippen molar-refractivity contribution in [3.63, 3.8) is 0 Å². The molecule has 0 spiro atoms. The van der Waals surface area contributed by atoms with E-state index in [1.54, 1.807) is 6.08 Å². The Hall–Kier alpha value is -2.74. The van der Waals surface area contributed by atoms with Crippen LogP contribution in [0.5, 0.6) is 0 Å². The van der Waals surface area contributed by atoms with E-state index in [0.717, 1.165) is 19.3 Å². The molecule has 1 heterocycles. The highest BCUT2D eigenvalue weighted by atomic mass is 16.6. The summed E-state index contributed by atoms with van der Waals surface area (Å²) in [4.78, 5) is 35.5. The van der Waals surface area contributed by atoms with Crippen LogP contribution in [0.4, 0.5) is 5.69 Å². The van der Waals surface area contributed by atoms with Gasteiger partial charge in [0.05, 0.1) is 17.1 Å². The molecule has 1 aliphatic heterocycles. The number of benzene rings is 1. The van der Waals surface area contributed by atoms with Crippen molar-refractivity contribution in [2.24, 2.45) is 22.7 Å². The maximum Gasteiger partial charge on any atom is 0.338 e. The second kappa shape index (κ2) is 7.19. The van der Waals surface area contributed by atoms with Crippen molar-refractivity contribution >= 4 is 17.6 Å². The number of carbonyl (C=O) groups excluding carboxylic acids is 2. The number of aliphatic hydroxyl groups is 1. The highest BCUT2D eigenvalue weighted by Gasteiger charge is 2.61. The number of fused-ring (bicyclic) bond motifs is 3. The molecule has 1 N–H and O–H groups in total. The fourth-order valence-corrected chi connectivity index (χ4v) is 5.81. The van der Waals surface area contributed by atoms with E-state index in [1.165, 1.54) is 24.3 Å². The summed E-state index contributed by atoms with van der Waals surface area (Å²) in [7, 11) is 0. The van der Waals surface area contributed by atoms with Gasteiger partial charge in [-0.25, -0.2) is 9.59 Å². The molecule has 1 saturated heterocycles. The third-order valence-corrected chi connectivity index (χ3v) is 7.30. The third kappa shape index (κ3) is 3.10. The van der Waals surface area contributed by atoms with Crippen molar-refractivity contribution in [1.82, 2.24) is 0 Å². The lowest BCUT2D eigenvalue weighted by molar-refractivity contribution is -0.384. The standard InChI is InChI=1S/C22H25NO7/c1-21(12-24)8-3-9-22(2)16-11-29-20(26)15(16)10-17(18(21)22)30-19(25)13-4-6-14(7-5-13)23(27)28/h4-7,10,16-18,24H,3,8-9,11-12H2,1-2H3/t16-,17+,18?,21+,22+/m0/s1. The van der Waals surface area contributed by atoms with Crippen LogP contribution in [0.15, 0.2) is 35.9 Å². The van der Waals surface area contributed by atoms with Crippen LogP contribution in [0.2, 0.25) is 0 Å². The van der Waals surface area contributed by atoms with E-state index in [0.29, 0.717) is 12.2 Å². The van der Waals surface area contributed by atoms with Crippen LogP contribution in [0, 0.1) is 32.8 Å². The number of nitrogens with zero attached hydrogens (tertiary/aromatic N) is 1. The number of hydrogen-bond acceptors (Lipinski definition) is 7. The van der Waals surface area contributed by atoms with Crippen molar-refractivity contribution in [2.75, 3.05) is 13.2 Å². The SMILES string of the molecule is C[C@]1(CO)CCC[C@@]2(C)C1[C@H](OC(=O)c1ccc([N+](=O)[O-])cc1)C=C1C(=O)OC[C@@H]12. The molecule has 1 aromatic rings. The van der Waals surface area contributed by atoms with E-state index in [2.05, 4.69) is 6.92 Å². The number of esters is 2. The zero-order valence-corrected chi connectivity index (χ0v) is 17.0. The number of cyclic esters (lactones) is 1. The Balaban J connectivity index is 1.70. The molecular formula is C22H25NO7. The van der Waals surface area contributed by atoms with Gasteiger partial charge in [0.25, 0.3) is 5.69 Å². The topological polar surface area (TPSA) is 116 Å². The zero-order chi connectivity index (χ0) is 21.7. The van der Waals surface area contributed by atoms with Crippen molar-refractivity contribution in [3.05, 3.63) is 51.6 Å². The first-order valence-electron chi connectivity index (χ1n) is 10.1. The second-order valence-corrected chi connectivity index (χ2v) is 9.10. The van der Waals surface area contributed by atoms with Gasteiger partial charge in [0, 0.05) is 36.1 Å². The van der Waals surface area contributed by atoms with Crippen LogP contribution in [0.3, 0.4) is 0 Å². The molecule has 2 fully saturated rings. The maximum atomic E-state index is 12.8. The molecule has 8 heteroatoms. The van der Waals surface area contributed by atoms with Crippen molar-refractivity contribution < 1.29 is 29.1 Å². The zero-order valence-electron chi connectivity index (χ0n) is 17.0. The van der Waals surface area contributed by atoms with Crippen molar-refractivity contribution in [3.8, 4) is 0 Å². The number of nitro groups is 1. The minimum atomic E-state index is -0.702. The average molecular weight is 415 g/mol. The van der Waals surface area contributed by atoms with Gasteiger partial charge >= 0.3 is 11.9 Å². The largest absolute Gasteiger partial charge is 0.462 e. The maximum absolute atomic E-state index is 12.8. The summed E-state index contributed by atoms with van der Waals surface area (Å²) in [6.07, 6.45) is 3.53. The monoisotopic (exact) mass is 415 g/mol. The fraction of sp³-hybridized carbons (Fsp3) is 0.545. The average Bonchev–Trinajstić information content (AvgIpc) is 3.09. The predicted octanol–water partition coefficient (Wildman–Crippen LogP) is 3.04. The van der Waals surface area contributed by atoms with E-state index in [-0.39, 0.29) is 41.1 Å². The molecule has 30 heavy (non-hydrogen) atoms. The van der Waals surface area contributed by atoms with Crippen LogP contribution in [0.25, 0.3) is 0 Å². The third-order valence-electron chi connectivity index (χ3n) is 7.30. The minimum Gasteiger partial charge on any atom is -0.462 e. The summed E-state index contributed by atoms with van der Waals surface area (Å²) in [5.74, 6) is -1.28. The van der Waals surface area contributed by atoms with E-state index in [1.807, 2.05) is 6.92 Å². The summed E-state index contributed by atoms with van der Waals surface area (Å²) < 4.78 is 11.2. The molecule has 0 aromatic heterocycles. The molecule has 160 valence electrons. The molecule has 0 radical (unpaired) electrons. The molecule has 4 rings (SSSR count). The predicted molar refractivity (Wildman–Crippen MR) is 105 cm³/mol. The number of nitro benzene ring substituents is 1. The van der Waals surface area contributed by atoms with Gasteiger partial charge in [-0.15, -0.1) is 0 Å². The first-order chi connectivity index (χ1) is 14.2.